The molecular weight excluding hydrogens is 340 g/mol. The maximum atomic E-state index is 12.4. The van der Waals surface area contributed by atoms with Gasteiger partial charge in [-0.1, -0.05) is 29.8 Å². The fourth-order valence-electron chi connectivity index (χ4n) is 2.48. The molecule has 0 unspecified atom stereocenters. The lowest BCUT2D eigenvalue weighted by Gasteiger charge is -2.10. The number of hydrogen-bond acceptors (Lipinski definition) is 5. The second-order valence-corrected chi connectivity index (χ2v) is 6.32. The summed E-state index contributed by atoms with van der Waals surface area (Å²) < 4.78 is 5.15. The van der Waals surface area contributed by atoms with Gasteiger partial charge in [0.05, 0.1) is 23.0 Å². The van der Waals surface area contributed by atoms with Crippen molar-refractivity contribution in [2.75, 3.05) is 19.9 Å². The smallest absolute Gasteiger partial charge is 0.285 e. The molecule has 7 heteroatoms. The molecule has 0 saturated carbocycles. The summed E-state index contributed by atoms with van der Waals surface area (Å²) in [7, 11) is 1.44. The quantitative estimate of drug-likeness (QED) is 0.463. The zero-order valence-corrected chi connectivity index (χ0v) is 15.2. The van der Waals surface area contributed by atoms with E-state index >= 15 is 0 Å². The monoisotopic (exact) mass is 360 g/mol. The lowest BCUT2D eigenvalue weighted by atomic mass is 10.1. The molecule has 0 aliphatic heterocycles. The molecule has 0 saturated heterocycles. The third-order valence-electron chi connectivity index (χ3n) is 3.72. The summed E-state index contributed by atoms with van der Waals surface area (Å²) in [5.74, 6) is -0.0761. The summed E-state index contributed by atoms with van der Waals surface area (Å²) in [5, 5.41) is 14.0. The molecule has 1 amide bonds. The number of nitrogens with one attached hydrogen (secondary N) is 1. The minimum Gasteiger partial charge on any atom is -0.495 e. The summed E-state index contributed by atoms with van der Waals surface area (Å²) >= 11 is 1.37. The Labute approximate surface area is 150 Å². The van der Waals surface area contributed by atoms with Crippen molar-refractivity contribution < 1.29 is 14.5 Å². The van der Waals surface area contributed by atoms with Gasteiger partial charge >= 0.3 is 0 Å². The lowest BCUT2D eigenvalue weighted by molar-refractivity contribution is -0.385. The number of thioether (sulfide) groups is 1. The third-order valence-corrected chi connectivity index (χ3v) is 4.48. The first kappa shape index (κ1) is 18.8. The van der Waals surface area contributed by atoms with Crippen molar-refractivity contribution in [1.82, 2.24) is 5.32 Å². The largest absolute Gasteiger partial charge is 0.495 e. The Morgan fingerprint density at radius 2 is 2.08 bits per heavy atom. The lowest BCUT2D eigenvalue weighted by Crippen LogP contribution is -2.26. The van der Waals surface area contributed by atoms with Crippen molar-refractivity contribution in [1.29, 1.82) is 0 Å². The molecular formula is C18H20N2O4S. The average molecular weight is 360 g/mol. The van der Waals surface area contributed by atoms with Crippen LogP contribution < -0.4 is 10.1 Å². The van der Waals surface area contributed by atoms with Gasteiger partial charge < -0.3 is 10.1 Å². The molecule has 0 spiro atoms. The highest BCUT2D eigenvalue weighted by molar-refractivity contribution is 7.98. The van der Waals surface area contributed by atoms with Gasteiger partial charge in [-0.3, -0.25) is 14.9 Å². The van der Waals surface area contributed by atoms with Crippen molar-refractivity contribution in [3.8, 4) is 5.75 Å². The first-order chi connectivity index (χ1) is 12.0. The molecule has 2 aromatic rings. The van der Waals surface area contributed by atoms with E-state index < -0.39 is 10.8 Å². The second kappa shape index (κ2) is 8.53. The molecule has 0 radical (unpaired) electrons. The summed E-state index contributed by atoms with van der Waals surface area (Å²) in [5.41, 5.74) is 2.04. The summed E-state index contributed by atoms with van der Waals surface area (Å²) in [6, 6.07) is 10.8. The SMILES string of the molecule is COc1cc([N+](=O)[O-])c(C(=O)NCCc2cccc(C)c2)cc1SC. The molecule has 0 bridgehead atoms. The molecule has 0 heterocycles. The molecule has 6 nitrogen and oxygen atoms in total. The fourth-order valence-corrected chi connectivity index (χ4v) is 3.06. The highest BCUT2D eigenvalue weighted by Gasteiger charge is 2.23. The van der Waals surface area contributed by atoms with Crippen LogP contribution in [0.3, 0.4) is 0 Å². The van der Waals surface area contributed by atoms with Crippen LogP contribution in [0.4, 0.5) is 5.69 Å². The van der Waals surface area contributed by atoms with Crippen molar-refractivity contribution >= 4 is 23.4 Å². The molecule has 2 aromatic carbocycles. The number of rotatable bonds is 7. The van der Waals surface area contributed by atoms with Gasteiger partial charge in [0.25, 0.3) is 11.6 Å². The molecule has 0 aromatic heterocycles. The number of nitrogens with zero attached hydrogens (tertiary/aromatic N) is 1. The van der Waals surface area contributed by atoms with Crippen LogP contribution in [-0.4, -0.2) is 30.7 Å². The molecule has 0 atom stereocenters. The maximum absolute atomic E-state index is 12.4. The van der Waals surface area contributed by atoms with Gasteiger partial charge in [0.1, 0.15) is 11.3 Å². The molecule has 0 fully saturated rings. The molecule has 0 aliphatic carbocycles. The second-order valence-electron chi connectivity index (χ2n) is 5.48. The van der Waals surface area contributed by atoms with Crippen LogP contribution in [0.15, 0.2) is 41.3 Å². The number of nitro groups is 1. The van der Waals surface area contributed by atoms with E-state index in [1.54, 1.807) is 0 Å². The zero-order valence-electron chi connectivity index (χ0n) is 14.4. The molecule has 25 heavy (non-hydrogen) atoms. The van der Waals surface area contributed by atoms with Crippen LogP contribution in [0.1, 0.15) is 21.5 Å². The van der Waals surface area contributed by atoms with E-state index in [0.717, 1.165) is 11.1 Å². The van der Waals surface area contributed by atoms with Crippen molar-refractivity contribution in [2.24, 2.45) is 0 Å². The number of carbonyl (C=O) groups excluding carboxylic acids is 1. The van der Waals surface area contributed by atoms with Crippen LogP contribution in [-0.2, 0) is 6.42 Å². The van der Waals surface area contributed by atoms with Crippen molar-refractivity contribution in [3.63, 3.8) is 0 Å². The summed E-state index contributed by atoms with van der Waals surface area (Å²) in [6.45, 7) is 2.41. The molecule has 1 N–H and O–H groups in total. The Balaban J connectivity index is 2.16. The number of carbonyl (C=O) groups is 1. The van der Waals surface area contributed by atoms with Crippen LogP contribution in [0.25, 0.3) is 0 Å². The molecule has 2 rings (SSSR count). The maximum Gasteiger partial charge on any atom is 0.285 e. The number of hydrogen-bond donors (Lipinski definition) is 1. The average Bonchev–Trinajstić information content (AvgIpc) is 2.60. The number of ether oxygens (including phenoxy) is 1. The number of nitro benzene ring substituents is 1. The highest BCUT2D eigenvalue weighted by Crippen LogP contribution is 2.34. The zero-order chi connectivity index (χ0) is 18.4. The van der Waals surface area contributed by atoms with E-state index in [9.17, 15) is 14.9 Å². The molecule has 132 valence electrons. The fraction of sp³-hybridized carbons (Fsp3) is 0.278. The molecule has 0 aliphatic rings. The van der Waals surface area contributed by atoms with E-state index in [0.29, 0.717) is 23.6 Å². The van der Waals surface area contributed by atoms with Gasteiger partial charge in [-0.15, -0.1) is 11.8 Å². The Hall–Kier alpha value is -2.54. The van der Waals surface area contributed by atoms with E-state index in [4.69, 9.17) is 4.74 Å². The van der Waals surface area contributed by atoms with E-state index in [-0.39, 0.29) is 11.3 Å². The van der Waals surface area contributed by atoms with Gasteiger partial charge in [-0.2, -0.15) is 0 Å². The van der Waals surface area contributed by atoms with Gasteiger partial charge in [0.2, 0.25) is 0 Å². The summed E-state index contributed by atoms with van der Waals surface area (Å²) in [6.07, 6.45) is 2.48. The minimum absolute atomic E-state index is 0.0411. The van der Waals surface area contributed by atoms with E-state index in [1.807, 2.05) is 37.4 Å². The predicted molar refractivity (Wildman–Crippen MR) is 98.6 cm³/mol. The number of aryl methyl sites for hydroxylation is 1. The van der Waals surface area contributed by atoms with E-state index in [2.05, 4.69) is 5.32 Å². The first-order valence-corrected chi connectivity index (χ1v) is 8.93. The Bertz CT molecular complexity index is 793. The van der Waals surface area contributed by atoms with Gasteiger partial charge in [0.15, 0.2) is 0 Å². The number of benzene rings is 2. The van der Waals surface area contributed by atoms with Crippen LogP contribution >= 0.6 is 11.8 Å². The van der Waals surface area contributed by atoms with Crippen LogP contribution in [0, 0.1) is 17.0 Å². The predicted octanol–water partition coefficient (Wildman–Crippen LogP) is 3.61. The number of amides is 1. The first-order valence-electron chi connectivity index (χ1n) is 7.70. The summed E-state index contributed by atoms with van der Waals surface area (Å²) in [4.78, 5) is 23.8. The Kier molecular flexibility index (Phi) is 6.41. The number of methoxy groups -OCH3 is 1. The van der Waals surface area contributed by atoms with E-state index in [1.165, 1.54) is 31.0 Å². The Morgan fingerprint density at radius 1 is 1.32 bits per heavy atom. The standard InChI is InChI=1S/C18H20N2O4S/c1-12-5-4-6-13(9-12)7-8-19-18(21)14-10-17(25-3)16(24-2)11-15(14)20(22)23/h4-6,9-11H,7-8H2,1-3H3,(H,19,21). The van der Waals surface area contributed by atoms with Crippen LogP contribution in [0.5, 0.6) is 5.75 Å². The van der Waals surface area contributed by atoms with Gasteiger partial charge in [-0.25, -0.2) is 0 Å². The minimum atomic E-state index is -0.567. The highest BCUT2D eigenvalue weighted by atomic mass is 32.2. The van der Waals surface area contributed by atoms with Crippen LogP contribution in [0.2, 0.25) is 0 Å². The van der Waals surface area contributed by atoms with Gasteiger partial charge in [0, 0.05) is 6.54 Å². The normalized spacial score (nSPS) is 10.4. The van der Waals surface area contributed by atoms with Crippen molar-refractivity contribution in [2.45, 2.75) is 18.2 Å². The van der Waals surface area contributed by atoms with Gasteiger partial charge in [-0.05, 0) is 31.2 Å². The third kappa shape index (κ3) is 4.73. The Morgan fingerprint density at radius 3 is 2.68 bits per heavy atom. The topological polar surface area (TPSA) is 81.5 Å². The van der Waals surface area contributed by atoms with Crippen molar-refractivity contribution in [3.05, 3.63) is 63.2 Å².